The van der Waals surface area contributed by atoms with Crippen LogP contribution in [0, 0.1) is 5.21 Å². The number of aromatic nitrogens is 3. The van der Waals surface area contributed by atoms with E-state index >= 15 is 0 Å². The molecule has 0 fully saturated rings. The number of anilines is 1. The molecule has 0 aliphatic carbocycles. The number of amides is 1. The lowest BCUT2D eigenvalue weighted by molar-refractivity contribution is -0.604. The molecule has 1 amide bonds. The highest BCUT2D eigenvalue weighted by Crippen LogP contribution is 2.30. The summed E-state index contributed by atoms with van der Waals surface area (Å²) >= 11 is 12.2. The smallest absolute Gasteiger partial charge is 0.255 e. The van der Waals surface area contributed by atoms with Gasteiger partial charge in [0.05, 0.1) is 32.5 Å². The van der Waals surface area contributed by atoms with Gasteiger partial charge in [-0.2, -0.15) is 4.73 Å². The Bertz CT molecular complexity index is 1540. The fraction of sp³-hybridized carbons (Fsp3) is 0.167. The number of hydrogen-bond donors (Lipinski definition) is 1. The zero-order valence-corrected chi connectivity index (χ0v) is 21.0. The molecule has 35 heavy (non-hydrogen) atoms. The first-order valence-electron chi connectivity index (χ1n) is 10.5. The van der Waals surface area contributed by atoms with Crippen molar-refractivity contribution in [3.63, 3.8) is 0 Å². The third-order valence-electron chi connectivity index (χ3n) is 5.15. The van der Waals surface area contributed by atoms with Crippen molar-refractivity contribution < 1.29 is 17.9 Å². The molecule has 2 aromatic carbocycles. The summed E-state index contributed by atoms with van der Waals surface area (Å²) in [6.07, 6.45) is 2.54. The first-order valence-corrected chi connectivity index (χ1v) is 12.9. The molecule has 0 atom stereocenters. The molecule has 0 radical (unpaired) electrons. The van der Waals surface area contributed by atoms with Crippen LogP contribution in [0.1, 0.15) is 41.4 Å². The lowest BCUT2D eigenvalue weighted by atomic mass is 10.1. The Morgan fingerprint density at radius 2 is 1.69 bits per heavy atom. The Labute approximate surface area is 212 Å². The number of halogens is 2. The van der Waals surface area contributed by atoms with E-state index < -0.39 is 15.7 Å². The second-order valence-corrected chi connectivity index (χ2v) is 10.9. The predicted molar refractivity (Wildman–Crippen MR) is 134 cm³/mol. The van der Waals surface area contributed by atoms with E-state index in [1.165, 1.54) is 36.7 Å². The summed E-state index contributed by atoms with van der Waals surface area (Å²) in [5.41, 5.74) is 2.26. The van der Waals surface area contributed by atoms with Crippen molar-refractivity contribution in [2.24, 2.45) is 0 Å². The van der Waals surface area contributed by atoms with Crippen molar-refractivity contribution in [3.8, 4) is 0 Å². The van der Waals surface area contributed by atoms with Crippen molar-refractivity contribution in [1.82, 2.24) is 9.97 Å². The molecule has 2 aromatic heterocycles. The topological polar surface area (TPSA) is 116 Å². The maximum absolute atomic E-state index is 13.3. The van der Waals surface area contributed by atoms with Gasteiger partial charge in [0, 0.05) is 11.6 Å². The number of nitrogens with one attached hydrogen (secondary N) is 1. The fourth-order valence-corrected chi connectivity index (χ4v) is 5.35. The third kappa shape index (κ3) is 5.53. The standard InChI is InChI=1S/C24H20Cl2N4O4S/c1-14(2)22-24(29-21-11-19(26)18(25)10-20(21)28-22)35(33,34)13-15-5-7-16(8-6-15)23(31)27-17-4-3-9-30(32)12-17/h3-12,14H,13H2,1-2H3,(H,27,31). The fourth-order valence-electron chi connectivity index (χ4n) is 3.43. The van der Waals surface area contributed by atoms with E-state index in [1.54, 1.807) is 24.3 Å². The van der Waals surface area contributed by atoms with E-state index in [0.717, 1.165) is 0 Å². The van der Waals surface area contributed by atoms with E-state index in [1.807, 2.05) is 13.8 Å². The van der Waals surface area contributed by atoms with E-state index in [4.69, 9.17) is 23.2 Å². The van der Waals surface area contributed by atoms with Crippen LogP contribution in [0.3, 0.4) is 0 Å². The summed E-state index contributed by atoms with van der Waals surface area (Å²) in [5.74, 6) is -0.961. The number of benzene rings is 2. The van der Waals surface area contributed by atoms with Crippen molar-refractivity contribution in [3.05, 3.63) is 93.0 Å². The molecule has 4 aromatic rings. The van der Waals surface area contributed by atoms with Crippen molar-refractivity contribution >= 4 is 55.7 Å². The average molecular weight is 531 g/mol. The van der Waals surface area contributed by atoms with Crippen molar-refractivity contribution in [1.29, 1.82) is 0 Å². The minimum atomic E-state index is -3.88. The lowest BCUT2D eigenvalue weighted by Crippen LogP contribution is -2.25. The Kier molecular flexibility index (Phi) is 6.93. The van der Waals surface area contributed by atoms with E-state index in [0.29, 0.717) is 43.3 Å². The van der Waals surface area contributed by atoms with Gasteiger partial charge in [-0.05, 0) is 41.8 Å². The molecule has 0 saturated heterocycles. The van der Waals surface area contributed by atoms with Crippen molar-refractivity contribution in [2.45, 2.75) is 30.5 Å². The van der Waals surface area contributed by atoms with Gasteiger partial charge in [-0.15, -0.1) is 0 Å². The summed E-state index contributed by atoms with van der Waals surface area (Å²) in [6.45, 7) is 3.67. The summed E-state index contributed by atoms with van der Waals surface area (Å²) in [7, 11) is -3.88. The number of fused-ring (bicyclic) bond motifs is 1. The summed E-state index contributed by atoms with van der Waals surface area (Å²) in [4.78, 5) is 21.3. The van der Waals surface area contributed by atoms with Gasteiger partial charge in [0.15, 0.2) is 11.2 Å². The lowest BCUT2D eigenvalue weighted by Gasteiger charge is -2.14. The number of hydrogen-bond acceptors (Lipinski definition) is 6. The highest BCUT2D eigenvalue weighted by Gasteiger charge is 2.25. The van der Waals surface area contributed by atoms with Gasteiger partial charge < -0.3 is 10.5 Å². The number of pyridine rings is 1. The highest BCUT2D eigenvalue weighted by atomic mass is 35.5. The van der Waals surface area contributed by atoms with E-state index in [9.17, 15) is 18.4 Å². The van der Waals surface area contributed by atoms with Crippen LogP contribution < -0.4 is 10.0 Å². The largest absolute Gasteiger partial charge is 0.619 e. The molecular formula is C24H20Cl2N4O4S. The molecule has 2 heterocycles. The second-order valence-electron chi connectivity index (χ2n) is 8.19. The summed E-state index contributed by atoms with van der Waals surface area (Å²) in [5, 5.41) is 14.4. The Morgan fingerprint density at radius 1 is 1.06 bits per heavy atom. The monoisotopic (exact) mass is 530 g/mol. The number of rotatable bonds is 6. The number of carbonyl (C=O) groups is 1. The van der Waals surface area contributed by atoms with Crippen LogP contribution in [-0.2, 0) is 15.6 Å². The molecule has 0 spiro atoms. The first-order chi connectivity index (χ1) is 16.5. The van der Waals surface area contributed by atoms with Gasteiger partial charge in [0.1, 0.15) is 5.69 Å². The number of carbonyl (C=O) groups excluding carboxylic acids is 1. The van der Waals surface area contributed by atoms with Crippen LogP contribution in [-0.4, -0.2) is 24.3 Å². The molecular weight excluding hydrogens is 511 g/mol. The minimum Gasteiger partial charge on any atom is -0.619 e. The molecule has 180 valence electrons. The van der Waals surface area contributed by atoms with Gasteiger partial charge >= 0.3 is 0 Å². The van der Waals surface area contributed by atoms with Crippen molar-refractivity contribution in [2.75, 3.05) is 5.32 Å². The zero-order valence-electron chi connectivity index (χ0n) is 18.7. The molecule has 11 heteroatoms. The van der Waals surface area contributed by atoms with E-state index in [2.05, 4.69) is 15.3 Å². The van der Waals surface area contributed by atoms with Gasteiger partial charge in [0.25, 0.3) is 5.91 Å². The molecule has 4 rings (SSSR count). The summed E-state index contributed by atoms with van der Waals surface area (Å²) in [6, 6.07) is 12.3. The van der Waals surface area contributed by atoms with Gasteiger partial charge in [-0.1, -0.05) is 49.2 Å². The molecule has 0 aliphatic rings. The predicted octanol–water partition coefficient (Wildman–Crippen LogP) is 4.92. The Hall–Kier alpha value is -3.27. The Balaban J connectivity index is 1.60. The zero-order chi connectivity index (χ0) is 25.3. The number of sulfone groups is 1. The molecule has 1 N–H and O–H groups in total. The first kappa shape index (κ1) is 24.8. The van der Waals surface area contributed by atoms with Gasteiger partial charge in [-0.25, -0.2) is 18.4 Å². The molecule has 0 saturated carbocycles. The van der Waals surface area contributed by atoms with Crippen LogP contribution in [0.4, 0.5) is 5.69 Å². The maximum Gasteiger partial charge on any atom is 0.255 e. The Morgan fingerprint density at radius 3 is 2.29 bits per heavy atom. The maximum atomic E-state index is 13.3. The second kappa shape index (κ2) is 9.77. The van der Waals surface area contributed by atoms with Crippen LogP contribution >= 0.6 is 23.2 Å². The van der Waals surface area contributed by atoms with E-state index in [-0.39, 0.29) is 21.7 Å². The van der Waals surface area contributed by atoms with Crippen LogP contribution in [0.5, 0.6) is 0 Å². The molecule has 0 unspecified atom stereocenters. The molecule has 0 aliphatic heterocycles. The van der Waals surface area contributed by atoms with Gasteiger partial charge in [-0.3, -0.25) is 4.79 Å². The SMILES string of the molecule is CC(C)c1nc2cc(Cl)c(Cl)cc2nc1S(=O)(=O)Cc1ccc(C(=O)Nc2ccc[n+]([O-])c2)cc1. The highest BCUT2D eigenvalue weighted by molar-refractivity contribution is 7.90. The molecule has 8 nitrogen and oxygen atoms in total. The molecule has 0 bridgehead atoms. The third-order valence-corrected chi connectivity index (χ3v) is 7.47. The van der Waals surface area contributed by atoms with Gasteiger partial charge in [0.2, 0.25) is 16.0 Å². The average Bonchev–Trinajstić information content (AvgIpc) is 2.79. The summed E-state index contributed by atoms with van der Waals surface area (Å²) < 4.78 is 27.3. The van der Waals surface area contributed by atoms with Crippen LogP contribution in [0.2, 0.25) is 10.0 Å². The minimum absolute atomic E-state index is 0.116. The normalized spacial score (nSPS) is 11.7. The van der Waals surface area contributed by atoms with Crippen LogP contribution in [0.15, 0.2) is 66.0 Å². The number of nitrogens with zero attached hydrogens (tertiary/aromatic N) is 3. The quantitative estimate of drug-likeness (QED) is 0.279. The van der Waals surface area contributed by atoms with Crippen LogP contribution in [0.25, 0.3) is 11.0 Å².